The van der Waals surface area contributed by atoms with Crippen molar-refractivity contribution in [3.8, 4) is 17.2 Å². The van der Waals surface area contributed by atoms with Crippen LogP contribution in [0.15, 0.2) is 88.7 Å². The number of hydrogen-bond donors (Lipinski definition) is 2. The first-order valence-electron chi connectivity index (χ1n) is 9.38. The average Bonchev–Trinajstić information content (AvgIpc) is 2.82. The number of carbonyl (C=O) groups is 1. The third kappa shape index (κ3) is 5.95. The SMILES string of the molecule is N#Cc1ccc(-c2ccc(S(=O)(=O)CC(CSc3ccccc3)C(=O)NO)cc2)cc1. The van der Waals surface area contributed by atoms with Crippen LogP contribution < -0.4 is 5.48 Å². The number of hydroxylamine groups is 1. The molecule has 0 aliphatic rings. The van der Waals surface area contributed by atoms with E-state index in [9.17, 15) is 13.2 Å². The van der Waals surface area contributed by atoms with Crippen molar-refractivity contribution in [1.29, 1.82) is 5.26 Å². The van der Waals surface area contributed by atoms with Crippen molar-refractivity contribution in [3.63, 3.8) is 0 Å². The van der Waals surface area contributed by atoms with Gasteiger partial charge in [0.1, 0.15) is 0 Å². The van der Waals surface area contributed by atoms with Crippen molar-refractivity contribution in [2.45, 2.75) is 9.79 Å². The molecule has 1 atom stereocenters. The number of nitrogens with one attached hydrogen (secondary N) is 1. The highest BCUT2D eigenvalue weighted by Gasteiger charge is 2.27. The largest absolute Gasteiger partial charge is 0.289 e. The Labute approximate surface area is 185 Å². The van der Waals surface area contributed by atoms with E-state index in [1.807, 2.05) is 30.3 Å². The van der Waals surface area contributed by atoms with Crippen molar-refractivity contribution in [2.75, 3.05) is 11.5 Å². The maximum atomic E-state index is 12.9. The molecule has 8 heteroatoms. The summed E-state index contributed by atoms with van der Waals surface area (Å²) < 4.78 is 25.8. The van der Waals surface area contributed by atoms with E-state index in [-0.39, 0.29) is 10.6 Å². The highest BCUT2D eigenvalue weighted by Crippen LogP contribution is 2.25. The van der Waals surface area contributed by atoms with E-state index in [1.165, 1.54) is 23.9 Å². The zero-order valence-corrected chi connectivity index (χ0v) is 18.1. The Morgan fingerprint density at radius 3 is 2.10 bits per heavy atom. The Balaban J connectivity index is 1.75. The lowest BCUT2D eigenvalue weighted by Gasteiger charge is -2.15. The molecular formula is C23H20N2O4S2. The summed E-state index contributed by atoms with van der Waals surface area (Å²) >= 11 is 1.35. The van der Waals surface area contributed by atoms with Crippen LogP contribution in [-0.2, 0) is 14.6 Å². The molecule has 1 amide bonds. The summed E-state index contributed by atoms with van der Waals surface area (Å²) in [4.78, 5) is 13.1. The number of thioether (sulfide) groups is 1. The summed E-state index contributed by atoms with van der Waals surface area (Å²) in [7, 11) is -3.76. The monoisotopic (exact) mass is 452 g/mol. The topological polar surface area (TPSA) is 107 Å². The Morgan fingerprint density at radius 2 is 1.55 bits per heavy atom. The van der Waals surface area contributed by atoms with Crippen LogP contribution in [0.5, 0.6) is 0 Å². The van der Waals surface area contributed by atoms with Crippen molar-refractivity contribution in [3.05, 3.63) is 84.4 Å². The van der Waals surface area contributed by atoms with Gasteiger partial charge in [-0.15, -0.1) is 11.8 Å². The molecule has 2 N–H and O–H groups in total. The summed E-state index contributed by atoms with van der Waals surface area (Å²) in [6.07, 6.45) is 0. The summed E-state index contributed by atoms with van der Waals surface area (Å²) in [5, 5.41) is 17.9. The minimum absolute atomic E-state index is 0.102. The number of amides is 1. The Kier molecular flexibility index (Phi) is 7.47. The number of nitrogens with zero attached hydrogens (tertiary/aromatic N) is 1. The van der Waals surface area contributed by atoms with Gasteiger partial charge in [-0.25, -0.2) is 13.9 Å². The van der Waals surface area contributed by atoms with Gasteiger partial charge in [-0.05, 0) is 47.5 Å². The van der Waals surface area contributed by atoms with Crippen LogP contribution in [0.2, 0.25) is 0 Å². The van der Waals surface area contributed by atoms with Crippen LogP contribution in [0.25, 0.3) is 11.1 Å². The van der Waals surface area contributed by atoms with Gasteiger partial charge in [-0.2, -0.15) is 5.26 Å². The van der Waals surface area contributed by atoms with Gasteiger partial charge < -0.3 is 0 Å². The van der Waals surface area contributed by atoms with Gasteiger partial charge in [0.05, 0.1) is 28.2 Å². The molecule has 158 valence electrons. The molecule has 0 saturated heterocycles. The molecule has 0 bridgehead atoms. The van der Waals surface area contributed by atoms with Gasteiger partial charge in [0.25, 0.3) is 0 Å². The molecule has 3 aromatic rings. The van der Waals surface area contributed by atoms with Crippen molar-refractivity contribution in [1.82, 2.24) is 5.48 Å². The first-order chi connectivity index (χ1) is 14.9. The molecule has 0 aliphatic carbocycles. The number of hydrogen-bond acceptors (Lipinski definition) is 6. The first-order valence-corrected chi connectivity index (χ1v) is 12.0. The maximum Gasteiger partial charge on any atom is 0.248 e. The van der Waals surface area contributed by atoms with Crippen LogP contribution in [0.1, 0.15) is 5.56 Å². The van der Waals surface area contributed by atoms with E-state index in [2.05, 4.69) is 6.07 Å². The molecule has 31 heavy (non-hydrogen) atoms. The highest BCUT2D eigenvalue weighted by molar-refractivity contribution is 7.99. The van der Waals surface area contributed by atoms with Gasteiger partial charge in [0.2, 0.25) is 5.91 Å². The highest BCUT2D eigenvalue weighted by atomic mass is 32.2. The molecule has 0 heterocycles. The standard InChI is InChI=1S/C23H20N2O4S2/c24-14-17-6-8-18(9-7-17)19-10-12-22(13-11-19)31(28,29)16-20(23(26)25-27)15-30-21-4-2-1-3-5-21/h1-13,20,27H,15-16H2,(H,25,26). The molecule has 3 aromatic carbocycles. The summed E-state index contributed by atoms with van der Waals surface area (Å²) in [5.41, 5.74) is 3.80. The number of nitriles is 1. The van der Waals surface area contributed by atoms with Crippen LogP contribution in [0.4, 0.5) is 0 Å². The van der Waals surface area contributed by atoms with Gasteiger partial charge in [-0.3, -0.25) is 10.0 Å². The lowest BCUT2D eigenvalue weighted by atomic mass is 10.0. The van der Waals surface area contributed by atoms with Crippen molar-refractivity contribution < 1.29 is 18.4 Å². The summed E-state index contributed by atoms with van der Waals surface area (Å²) in [6, 6.07) is 24.7. The zero-order valence-electron chi connectivity index (χ0n) is 16.4. The van der Waals surface area contributed by atoms with Crippen LogP contribution in [0.3, 0.4) is 0 Å². The average molecular weight is 453 g/mol. The Morgan fingerprint density at radius 1 is 0.968 bits per heavy atom. The minimum atomic E-state index is -3.76. The van der Waals surface area contributed by atoms with E-state index in [0.717, 1.165) is 16.0 Å². The molecular weight excluding hydrogens is 432 g/mol. The van der Waals surface area contributed by atoms with Crippen molar-refractivity contribution in [2.24, 2.45) is 5.92 Å². The number of sulfone groups is 1. The second kappa shape index (κ2) is 10.3. The van der Waals surface area contributed by atoms with Crippen LogP contribution in [-0.4, -0.2) is 31.0 Å². The van der Waals surface area contributed by atoms with E-state index in [0.29, 0.717) is 5.56 Å². The van der Waals surface area contributed by atoms with E-state index in [1.54, 1.807) is 41.9 Å². The third-order valence-electron chi connectivity index (χ3n) is 4.66. The second-order valence-electron chi connectivity index (χ2n) is 6.79. The van der Waals surface area contributed by atoms with Gasteiger partial charge in [0.15, 0.2) is 9.84 Å². The van der Waals surface area contributed by atoms with Crippen LogP contribution >= 0.6 is 11.8 Å². The first kappa shape index (κ1) is 22.6. The van der Waals surface area contributed by atoms with E-state index in [4.69, 9.17) is 10.5 Å². The Hall–Kier alpha value is -3.12. The van der Waals surface area contributed by atoms with E-state index < -0.39 is 27.4 Å². The normalized spacial score (nSPS) is 12.0. The van der Waals surface area contributed by atoms with Crippen molar-refractivity contribution >= 4 is 27.5 Å². The molecule has 0 spiro atoms. The molecule has 0 aromatic heterocycles. The number of rotatable bonds is 8. The van der Waals surface area contributed by atoms with E-state index >= 15 is 0 Å². The van der Waals surface area contributed by atoms with Gasteiger partial charge >= 0.3 is 0 Å². The predicted molar refractivity (Wildman–Crippen MR) is 119 cm³/mol. The predicted octanol–water partition coefficient (Wildman–Crippen LogP) is 3.91. The fourth-order valence-electron chi connectivity index (χ4n) is 2.96. The molecule has 0 aliphatic heterocycles. The quantitative estimate of drug-likeness (QED) is 0.305. The minimum Gasteiger partial charge on any atom is -0.289 e. The lowest BCUT2D eigenvalue weighted by molar-refractivity contribution is -0.132. The number of benzene rings is 3. The van der Waals surface area contributed by atoms with Gasteiger partial charge in [-0.1, -0.05) is 42.5 Å². The fraction of sp³-hybridized carbons (Fsp3) is 0.130. The molecule has 0 fully saturated rings. The lowest BCUT2D eigenvalue weighted by Crippen LogP contribution is -2.34. The molecule has 3 rings (SSSR count). The third-order valence-corrected chi connectivity index (χ3v) is 7.66. The Bertz CT molecular complexity index is 1170. The molecule has 6 nitrogen and oxygen atoms in total. The van der Waals surface area contributed by atoms with Gasteiger partial charge in [0, 0.05) is 10.6 Å². The zero-order chi connectivity index (χ0) is 22.3. The number of carbonyl (C=O) groups excluding carboxylic acids is 1. The molecule has 1 unspecified atom stereocenters. The second-order valence-corrected chi connectivity index (χ2v) is 9.92. The molecule has 0 saturated carbocycles. The fourth-order valence-corrected chi connectivity index (χ4v) is 5.66. The molecule has 0 radical (unpaired) electrons. The van der Waals surface area contributed by atoms with Crippen LogP contribution in [0, 0.1) is 17.2 Å². The smallest absolute Gasteiger partial charge is 0.248 e. The summed E-state index contributed by atoms with van der Waals surface area (Å²) in [5.74, 6) is -1.87. The maximum absolute atomic E-state index is 12.9. The summed E-state index contributed by atoms with van der Waals surface area (Å²) in [6.45, 7) is 0.